The predicted octanol–water partition coefficient (Wildman–Crippen LogP) is 1.49. The van der Waals surface area contributed by atoms with Gasteiger partial charge in [0.05, 0.1) is 5.69 Å². The number of aromatic nitrogens is 3. The van der Waals surface area contributed by atoms with Crippen molar-refractivity contribution in [1.82, 2.24) is 25.0 Å². The van der Waals surface area contributed by atoms with Crippen LogP contribution in [0.1, 0.15) is 18.2 Å². The first-order chi connectivity index (χ1) is 9.13. The van der Waals surface area contributed by atoms with Crippen molar-refractivity contribution in [3.8, 4) is 0 Å². The van der Waals surface area contributed by atoms with Crippen LogP contribution in [0.15, 0.2) is 12.3 Å². The van der Waals surface area contributed by atoms with Crippen molar-refractivity contribution < 1.29 is 0 Å². The Balaban J connectivity index is 0.00000147. The van der Waals surface area contributed by atoms with Crippen LogP contribution in [0.4, 0.5) is 0 Å². The molecule has 20 heavy (non-hydrogen) atoms. The highest BCUT2D eigenvalue weighted by Crippen LogP contribution is 2.17. The summed E-state index contributed by atoms with van der Waals surface area (Å²) in [5.41, 5.74) is 3.30. The molecule has 1 fully saturated rings. The summed E-state index contributed by atoms with van der Waals surface area (Å²) in [5, 5.41) is 9.06. The summed E-state index contributed by atoms with van der Waals surface area (Å²) < 4.78 is 1.85. The monoisotopic (exact) mass is 295 g/mol. The molecule has 1 atom stereocenters. The molecule has 1 saturated heterocycles. The fraction of sp³-hybridized carbons (Fsp3) is 0.571. The molecule has 3 rings (SSSR count). The van der Waals surface area contributed by atoms with Gasteiger partial charge in [-0.05, 0) is 25.5 Å². The van der Waals surface area contributed by atoms with Gasteiger partial charge in [-0.1, -0.05) is 0 Å². The third kappa shape index (κ3) is 2.95. The van der Waals surface area contributed by atoms with Crippen LogP contribution >= 0.6 is 12.4 Å². The molecule has 5 nitrogen and oxygen atoms in total. The normalized spacial score (nSPS) is 20.1. The number of nitrogens with one attached hydrogen (secondary N) is 1. The first-order valence-corrected chi connectivity index (χ1v) is 6.87. The molecule has 0 spiro atoms. The molecule has 0 radical (unpaired) electrons. The van der Waals surface area contributed by atoms with E-state index in [-0.39, 0.29) is 12.4 Å². The van der Waals surface area contributed by atoms with Gasteiger partial charge in [0.15, 0.2) is 5.65 Å². The molecule has 1 aliphatic rings. The summed E-state index contributed by atoms with van der Waals surface area (Å²) in [6, 6.07) is 2.81. The van der Waals surface area contributed by atoms with Gasteiger partial charge in [0, 0.05) is 50.9 Å². The highest BCUT2D eigenvalue weighted by atomic mass is 35.5. The van der Waals surface area contributed by atoms with Gasteiger partial charge in [-0.2, -0.15) is 5.10 Å². The lowest BCUT2D eigenvalue weighted by Gasteiger charge is -2.31. The van der Waals surface area contributed by atoms with E-state index in [4.69, 9.17) is 0 Å². The number of hydrogen-bond donors (Lipinski definition) is 1. The van der Waals surface area contributed by atoms with Crippen molar-refractivity contribution >= 4 is 23.4 Å². The summed E-state index contributed by atoms with van der Waals surface area (Å²) in [5.74, 6) is 0. The molecule has 0 aromatic carbocycles. The summed E-state index contributed by atoms with van der Waals surface area (Å²) in [7, 11) is 1.94. The highest BCUT2D eigenvalue weighted by molar-refractivity contribution is 5.85. The third-order valence-electron chi connectivity index (χ3n) is 3.78. The van der Waals surface area contributed by atoms with Crippen LogP contribution in [0.5, 0.6) is 0 Å². The van der Waals surface area contributed by atoms with E-state index in [1.54, 1.807) is 0 Å². The zero-order chi connectivity index (χ0) is 13.4. The quantitative estimate of drug-likeness (QED) is 0.912. The maximum atomic E-state index is 4.54. The molecular weight excluding hydrogens is 274 g/mol. The lowest BCUT2D eigenvalue weighted by molar-refractivity contribution is 0.199. The molecular formula is C14H22ClN5. The number of piperazine rings is 1. The van der Waals surface area contributed by atoms with Crippen molar-refractivity contribution in [2.75, 3.05) is 19.6 Å². The Kier molecular flexibility index (Phi) is 4.62. The maximum Gasteiger partial charge on any atom is 0.157 e. The summed E-state index contributed by atoms with van der Waals surface area (Å²) in [4.78, 5) is 7.03. The smallest absolute Gasteiger partial charge is 0.157 e. The fourth-order valence-electron chi connectivity index (χ4n) is 2.85. The highest BCUT2D eigenvalue weighted by Gasteiger charge is 2.16. The van der Waals surface area contributed by atoms with Gasteiger partial charge in [0.2, 0.25) is 0 Å². The van der Waals surface area contributed by atoms with Gasteiger partial charge in [0.25, 0.3) is 0 Å². The zero-order valence-electron chi connectivity index (χ0n) is 12.3. The average molecular weight is 296 g/mol. The average Bonchev–Trinajstić information content (AvgIpc) is 2.65. The van der Waals surface area contributed by atoms with E-state index in [0.717, 1.165) is 37.5 Å². The molecule has 1 N–H and O–H groups in total. The third-order valence-corrected chi connectivity index (χ3v) is 3.78. The van der Waals surface area contributed by atoms with Crippen LogP contribution in [0.2, 0.25) is 0 Å². The Labute approximate surface area is 125 Å². The topological polar surface area (TPSA) is 46.0 Å². The second-order valence-electron chi connectivity index (χ2n) is 5.51. The molecule has 0 amide bonds. The zero-order valence-corrected chi connectivity index (χ0v) is 13.1. The Morgan fingerprint density at radius 3 is 3.00 bits per heavy atom. The second kappa shape index (κ2) is 6.08. The number of pyridine rings is 1. The second-order valence-corrected chi connectivity index (χ2v) is 5.51. The lowest BCUT2D eigenvalue weighted by Crippen LogP contribution is -2.48. The van der Waals surface area contributed by atoms with Crippen LogP contribution in [0.3, 0.4) is 0 Å². The van der Waals surface area contributed by atoms with Crippen LogP contribution in [0.25, 0.3) is 11.0 Å². The van der Waals surface area contributed by atoms with E-state index < -0.39 is 0 Å². The van der Waals surface area contributed by atoms with Gasteiger partial charge in [0.1, 0.15) is 0 Å². The predicted molar refractivity (Wildman–Crippen MR) is 83.2 cm³/mol. The molecule has 0 unspecified atom stereocenters. The summed E-state index contributed by atoms with van der Waals surface area (Å²) in [6.45, 7) is 8.53. The van der Waals surface area contributed by atoms with Gasteiger partial charge < -0.3 is 5.32 Å². The van der Waals surface area contributed by atoms with E-state index in [2.05, 4.69) is 33.3 Å². The Bertz CT molecular complexity index is 595. The maximum absolute atomic E-state index is 4.54. The first-order valence-electron chi connectivity index (χ1n) is 6.87. The van der Waals surface area contributed by atoms with E-state index >= 15 is 0 Å². The molecule has 6 heteroatoms. The van der Waals surface area contributed by atoms with Crippen LogP contribution in [-0.2, 0) is 13.6 Å². The summed E-state index contributed by atoms with van der Waals surface area (Å²) in [6.07, 6.45) is 1.98. The minimum absolute atomic E-state index is 0. The molecule has 2 aromatic heterocycles. The Hall–Kier alpha value is -1.17. The molecule has 0 saturated carbocycles. The van der Waals surface area contributed by atoms with E-state index in [0.29, 0.717) is 6.04 Å². The Morgan fingerprint density at radius 2 is 2.25 bits per heavy atom. The molecule has 3 heterocycles. The van der Waals surface area contributed by atoms with Crippen LogP contribution < -0.4 is 5.32 Å². The lowest BCUT2D eigenvalue weighted by atomic mass is 10.1. The molecule has 0 aliphatic carbocycles. The van der Waals surface area contributed by atoms with E-state index in [1.807, 2.05) is 24.9 Å². The minimum atomic E-state index is 0. The number of halogens is 1. The van der Waals surface area contributed by atoms with Crippen molar-refractivity contribution in [3.05, 3.63) is 23.5 Å². The van der Waals surface area contributed by atoms with Gasteiger partial charge in [-0.15, -0.1) is 12.4 Å². The SMILES string of the molecule is Cc1nn(C)c2ncc(CN3CCN[C@H](C)C3)cc12.Cl. The molecule has 0 bridgehead atoms. The minimum Gasteiger partial charge on any atom is -0.312 e. The van der Waals surface area contributed by atoms with Crippen LogP contribution in [0, 0.1) is 6.92 Å². The molecule has 1 aliphatic heterocycles. The van der Waals surface area contributed by atoms with Crippen LogP contribution in [-0.4, -0.2) is 45.3 Å². The van der Waals surface area contributed by atoms with E-state index in [9.17, 15) is 0 Å². The largest absolute Gasteiger partial charge is 0.312 e. The number of hydrogen-bond acceptors (Lipinski definition) is 4. The van der Waals surface area contributed by atoms with Gasteiger partial charge in [-0.3, -0.25) is 9.58 Å². The Morgan fingerprint density at radius 1 is 1.45 bits per heavy atom. The van der Waals surface area contributed by atoms with Crippen molar-refractivity contribution in [2.24, 2.45) is 7.05 Å². The fourth-order valence-corrected chi connectivity index (χ4v) is 2.85. The van der Waals surface area contributed by atoms with Crippen molar-refractivity contribution in [3.63, 3.8) is 0 Å². The molecule has 110 valence electrons. The first kappa shape index (κ1) is 15.2. The van der Waals surface area contributed by atoms with Gasteiger partial charge >= 0.3 is 0 Å². The molecule has 2 aromatic rings. The summed E-state index contributed by atoms with van der Waals surface area (Å²) >= 11 is 0. The standard InChI is InChI=1S/C14H21N5.ClH/c1-10-8-19(5-4-15-10)9-12-6-13-11(2)17-18(3)14(13)16-7-12;/h6-7,10,15H,4-5,8-9H2,1-3H3;1H/t10-;/m1./s1. The van der Waals surface area contributed by atoms with E-state index in [1.165, 1.54) is 10.9 Å². The number of rotatable bonds is 2. The number of fused-ring (bicyclic) bond motifs is 1. The van der Waals surface area contributed by atoms with Crippen molar-refractivity contribution in [2.45, 2.75) is 26.4 Å². The number of nitrogens with zero attached hydrogens (tertiary/aromatic N) is 4. The number of aryl methyl sites for hydroxylation is 2. The van der Waals surface area contributed by atoms with Gasteiger partial charge in [-0.25, -0.2) is 4.98 Å². The van der Waals surface area contributed by atoms with Crippen molar-refractivity contribution in [1.29, 1.82) is 0 Å².